The molecule has 2 rings (SSSR count). The summed E-state index contributed by atoms with van der Waals surface area (Å²) in [6.45, 7) is 4.07. The van der Waals surface area contributed by atoms with Gasteiger partial charge in [0.2, 0.25) is 5.91 Å². The van der Waals surface area contributed by atoms with Crippen molar-refractivity contribution in [2.24, 2.45) is 5.92 Å². The topological polar surface area (TPSA) is 35.6 Å². The van der Waals surface area contributed by atoms with Crippen LogP contribution in [0.25, 0.3) is 0 Å². The molecule has 17 heavy (non-hydrogen) atoms. The van der Waals surface area contributed by atoms with Crippen LogP contribution in [-0.4, -0.2) is 62.0 Å². The molecule has 4 heteroatoms. The van der Waals surface area contributed by atoms with Gasteiger partial charge in [0.25, 0.3) is 0 Å². The lowest BCUT2D eigenvalue weighted by Gasteiger charge is -2.30. The van der Waals surface area contributed by atoms with Crippen molar-refractivity contribution in [1.82, 2.24) is 15.1 Å². The summed E-state index contributed by atoms with van der Waals surface area (Å²) in [6, 6.07) is 0.575. The van der Waals surface area contributed by atoms with Crippen LogP contribution in [0.15, 0.2) is 0 Å². The molecule has 0 bridgehead atoms. The number of rotatable bonds is 3. The molecule has 2 aliphatic heterocycles. The number of carbonyl (C=O) groups excluding carboxylic acids is 1. The first-order valence-electron chi connectivity index (χ1n) is 6.84. The van der Waals surface area contributed by atoms with Gasteiger partial charge in [-0.25, -0.2) is 0 Å². The Morgan fingerprint density at radius 3 is 2.65 bits per heavy atom. The van der Waals surface area contributed by atoms with E-state index in [0.717, 1.165) is 32.5 Å². The highest BCUT2D eigenvalue weighted by Gasteiger charge is 2.28. The second-order valence-electron chi connectivity index (χ2n) is 5.52. The summed E-state index contributed by atoms with van der Waals surface area (Å²) in [5, 5.41) is 3.31. The molecule has 2 saturated heterocycles. The third kappa shape index (κ3) is 3.19. The van der Waals surface area contributed by atoms with E-state index in [-0.39, 0.29) is 5.92 Å². The zero-order valence-corrected chi connectivity index (χ0v) is 11.1. The average Bonchev–Trinajstić information content (AvgIpc) is 2.75. The molecule has 1 atom stereocenters. The Hall–Kier alpha value is -0.610. The fourth-order valence-corrected chi connectivity index (χ4v) is 3.00. The maximum atomic E-state index is 12.3. The average molecular weight is 239 g/mol. The minimum absolute atomic E-state index is 0.257. The van der Waals surface area contributed by atoms with Crippen LogP contribution in [0.2, 0.25) is 0 Å². The highest BCUT2D eigenvalue weighted by molar-refractivity contribution is 5.78. The molecule has 1 amide bonds. The van der Waals surface area contributed by atoms with E-state index < -0.39 is 0 Å². The molecule has 0 aliphatic carbocycles. The van der Waals surface area contributed by atoms with Crippen molar-refractivity contribution in [3.8, 4) is 0 Å². The zero-order chi connectivity index (χ0) is 12.3. The van der Waals surface area contributed by atoms with Crippen molar-refractivity contribution in [1.29, 1.82) is 0 Å². The van der Waals surface area contributed by atoms with Crippen molar-refractivity contribution in [3.05, 3.63) is 0 Å². The quantitative estimate of drug-likeness (QED) is 0.781. The van der Waals surface area contributed by atoms with Gasteiger partial charge in [0.1, 0.15) is 0 Å². The Kier molecular flexibility index (Phi) is 4.40. The number of likely N-dealkylation sites (N-methyl/N-ethyl adjacent to an activating group) is 2. The molecule has 0 radical (unpaired) electrons. The van der Waals surface area contributed by atoms with Gasteiger partial charge in [-0.05, 0) is 52.4 Å². The number of piperidine rings is 1. The molecule has 0 saturated carbocycles. The van der Waals surface area contributed by atoms with Crippen molar-refractivity contribution in [2.45, 2.75) is 31.7 Å². The predicted molar refractivity (Wildman–Crippen MR) is 68.9 cm³/mol. The number of carbonyl (C=O) groups is 1. The molecule has 2 heterocycles. The second-order valence-corrected chi connectivity index (χ2v) is 5.52. The molecule has 98 valence electrons. The third-order valence-corrected chi connectivity index (χ3v) is 4.22. The van der Waals surface area contributed by atoms with Crippen molar-refractivity contribution < 1.29 is 4.79 Å². The van der Waals surface area contributed by atoms with E-state index in [0.29, 0.717) is 11.9 Å². The molecule has 2 aliphatic rings. The molecule has 1 unspecified atom stereocenters. The smallest absolute Gasteiger partial charge is 0.225 e. The summed E-state index contributed by atoms with van der Waals surface area (Å²) in [4.78, 5) is 16.6. The highest BCUT2D eigenvalue weighted by atomic mass is 16.2. The lowest BCUT2D eigenvalue weighted by Crippen LogP contribution is -2.44. The molecule has 2 fully saturated rings. The first-order chi connectivity index (χ1) is 8.18. The largest absolute Gasteiger partial charge is 0.344 e. The molecule has 0 aromatic carbocycles. The van der Waals surface area contributed by atoms with E-state index in [1.165, 1.54) is 19.4 Å². The summed E-state index contributed by atoms with van der Waals surface area (Å²) < 4.78 is 0. The third-order valence-electron chi connectivity index (χ3n) is 4.22. The molecule has 0 aromatic rings. The summed E-state index contributed by atoms with van der Waals surface area (Å²) in [5.41, 5.74) is 0. The Labute approximate surface area is 104 Å². The molecule has 0 spiro atoms. The van der Waals surface area contributed by atoms with Gasteiger partial charge in [0, 0.05) is 25.6 Å². The Morgan fingerprint density at radius 2 is 2.06 bits per heavy atom. The number of nitrogens with zero attached hydrogens (tertiary/aromatic N) is 2. The molecule has 1 N–H and O–H groups in total. The van der Waals surface area contributed by atoms with Crippen molar-refractivity contribution in [2.75, 3.05) is 40.3 Å². The molecule has 4 nitrogen and oxygen atoms in total. The number of likely N-dealkylation sites (tertiary alicyclic amines) is 1. The summed E-state index contributed by atoms with van der Waals surface area (Å²) in [5.74, 6) is 0.611. The van der Waals surface area contributed by atoms with E-state index in [2.05, 4.69) is 17.3 Å². The van der Waals surface area contributed by atoms with Gasteiger partial charge >= 0.3 is 0 Å². The van der Waals surface area contributed by atoms with E-state index in [4.69, 9.17) is 0 Å². The van der Waals surface area contributed by atoms with Crippen LogP contribution in [0.3, 0.4) is 0 Å². The van der Waals surface area contributed by atoms with Crippen LogP contribution in [0.1, 0.15) is 25.7 Å². The Bertz CT molecular complexity index is 263. The Morgan fingerprint density at radius 1 is 1.35 bits per heavy atom. The van der Waals surface area contributed by atoms with Crippen LogP contribution in [0, 0.1) is 5.92 Å². The predicted octanol–water partition coefficient (Wildman–Crippen LogP) is 0.539. The SMILES string of the molecule is CN(CC1CCCN1C)C(=O)C1CCNCC1. The number of hydrogen-bond acceptors (Lipinski definition) is 3. The van der Waals surface area contributed by atoms with Gasteiger partial charge < -0.3 is 15.1 Å². The summed E-state index contributed by atoms with van der Waals surface area (Å²) in [7, 11) is 4.14. The highest BCUT2D eigenvalue weighted by Crippen LogP contribution is 2.18. The minimum Gasteiger partial charge on any atom is -0.344 e. The van der Waals surface area contributed by atoms with Crippen LogP contribution in [0.4, 0.5) is 0 Å². The van der Waals surface area contributed by atoms with Crippen LogP contribution >= 0.6 is 0 Å². The van der Waals surface area contributed by atoms with Gasteiger partial charge in [0.05, 0.1) is 0 Å². The summed E-state index contributed by atoms with van der Waals surface area (Å²) >= 11 is 0. The second kappa shape index (κ2) is 5.83. The first kappa shape index (κ1) is 12.8. The van der Waals surface area contributed by atoms with Gasteiger partial charge in [-0.2, -0.15) is 0 Å². The maximum absolute atomic E-state index is 12.3. The first-order valence-corrected chi connectivity index (χ1v) is 6.84. The zero-order valence-electron chi connectivity index (χ0n) is 11.1. The number of amides is 1. The Balaban J connectivity index is 1.81. The van der Waals surface area contributed by atoms with Crippen LogP contribution in [-0.2, 0) is 4.79 Å². The molecule has 0 aromatic heterocycles. The van der Waals surface area contributed by atoms with Gasteiger partial charge in [-0.15, -0.1) is 0 Å². The molecular weight excluding hydrogens is 214 g/mol. The van der Waals surface area contributed by atoms with E-state index in [1.807, 2.05) is 11.9 Å². The van der Waals surface area contributed by atoms with Crippen molar-refractivity contribution in [3.63, 3.8) is 0 Å². The minimum atomic E-state index is 0.257. The number of hydrogen-bond donors (Lipinski definition) is 1. The van der Waals surface area contributed by atoms with E-state index in [9.17, 15) is 4.79 Å². The van der Waals surface area contributed by atoms with Gasteiger partial charge in [-0.3, -0.25) is 4.79 Å². The van der Waals surface area contributed by atoms with E-state index >= 15 is 0 Å². The van der Waals surface area contributed by atoms with Crippen LogP contribution in [0.5, 0.6) is 0 Å². The normalized spacial score (nSPS) is 27.3. The molecular formula is C13H25N3O. The monoisotopic (exact) mass is 239 g/mol. The van der Waals surface area contributed by atoms with Crippen molar-refractivity contribution >= 4 is 5.91 Å². The fourth-order valence-electron chi connectivity index (χ4n) is 3.00. The van der Waals surface area contributed by atoms with Gasteiger partial charge in [0.15, 0.2) is 0 Å². The lowest BCUT2D eigenvalue weighted by molar-refractivity contribution is -0.135. The number of nitrogens with one attached hydrogen (secondary N) is 1. The standard InChI is InChI=1S/C13H25N3O/c1-15-9-3-4-12(15)10-16(2)13(17)11-5-7-14-8-6-11/h11-12,14H,3-10H2,1-2H3. The lowest BCUT2D eigenvalue weighted by atomic mass is 9.96. The fraction of sp³-hybridized carbons (Fsp3) is 0.923. The summed E-state index contributed by atoms with van der Waals surface area (Å²) in [6.07, 6.45) is 4.52. The van der Waals surface area contributed by atoms with E-state index in [1.54, 1.807) is 0 Å². The maximum Gasteiger partial charge on any atom is 0.225 e. The van der Waals surface area contributed by atoms with Crippen LogP contribution < -0.4 is 5.32 Å². The van der Waals surface area contributed by atoms with Gasteiger partial charge in [-0.1, -0.05) is 0 Å².